The number of ketones is 1. The molecule has 23 heavy (non-hydrogen) atoms. The van der Waals surface area contributed by atoms with Gasteiger partial charge in [-0.15, -0.1) is 0 Å². The third-order valence-electron chi connectivity index (χ3n) is 3.33. The lowest BCUT2D eigenvalue weighted by molar-refractivity contribution is -0.0000124. The van der Waals surface area contributed by atoms with Gasteiger partial charge in [-0.3, -0.25) is 4.79 Å². The van der Waals surface area contributed by atoms with Gasteiger partial charge in [-0.1, -0.05) is 54.6 Å². The molecule has 0 aliphatic carbocycles. The van der Waals surface area contributed by atoms with Gasteiger partial charge in [0.2, 0.25) is 0 Å². The van der Waals surface area contributed by atoms with E-state index in [1.807, 2.05) is 89.6 Å². The van der Waals surface area contributed by atoms with Crippen molar-refractivity contribution < 1.29 is 21.8 Å². The summed E-state index contributed by atoms with van der Waals surface area (Å²) in [6.45, 7) is 0.274. The Morgan fingerprint density at radius 2 is 1.43 bits per heavy atom. The van der Waals surface area contributed by atoms with Gasteiger partial charge >= 0.3 is 0 Å². The molecule has 0 atom stereocenters. The number of para-hydroxylation sites is 1. The van der Waals surface area contributed by atoms with Crippen LogP contribution < -0.4 is 22.5 Å². The molecule has 0 spiro atoms. The zero-order chi connectivity index (χ0) is 15.2. The molecule has 0 saturated heterocycles. The van der Waals surface area contributed by atoms with Gasteiger partial charge in [-0.25, -0.2) is 4.99 Å². The van der Waals surface area contributed by atoms with Gasteiger partial charge in [0.25, 0.3) is 0 Å². The normalized spacial score (nSPS) is 10.9. The topological polar surface area (TPSA) is 34.4 Å². The summed E-state index contributed by atoms with van der Waals surface area (Å²) in [6.07, 6.45) is 1.88. The van der Waals surface area contributed by atoms with E-state index < -0.39 is 0 Å². The van der Waals surface area contributed by atoms with Crippen LogP contribution >= 0.6 is 0 Å². The molecule has 0 saturated carbocycles. The SMILES string of the molecule is O=C(Cn1ccccc1=Nc1ccccc1)c1ccccc1.[Br-]. The molecule has 0 unspecified atom stereocenters. The highest BCUT2D eigenvalue weighted by molar-refractivity contribution is 5.95. The molecule has 4 heteroatoms. The van der Waals surface area contributed by atoms with Crippen molar-refractivity contribution in [1.82, 2.24) is 4.57 Å². The van der Waals surface area contributed by atoms with Crippen molar-refractivity contribution >= 4 is 11.5 Å². The number of halogens is 1. The Morgan fingerprint density at radius 3 is 2.13 bits per heavy atom. The molecule has 0 amide bonds. The number of hydrogen-bond acceptors (Lipinski definition) is 2. The first kappa shape index (κ1) is 16.9. The molecular weight excluding hydrogens is 352 g/mol. The van der Waals surface area contributed by atoms with Crippen LogP contribution in [0, 0.1) is 0 Å². The maximum Gasteiger partial charge on any atom is 0.182 e. The Balaban J connectivity index is 0.00000192. The van der Waals surface area contributed by atoms with Gasteiger partial charge < -0.3 is 21.5 Å². The molecule has 116 valence electrons. The number of carbonyl (C=O) groups excluding carboxylic acids is 1. The molecular formula is C19H16BrN2O-. The van der Waals surface area contributed by atoms with Gasteiger partial charge in [-0.2, -0.15) is 0 Å². The molecule has 0 aliphatic heterocycles. The molecule has 0 bridgehead atoms. The van der Waals surface area contributed by atoms with Crippen LogP contribution in [0.2, 0.25) is 0 Å². The van der Waals surface area contributed by atoms with Crippen LogP contribution in [-0.4, -0.2) is 10.4 Å². The molecule has 3 rings (SSSR count). The van der Waals surface area contributed by atoms with Gasteiger partial charge in [0, 0.05) is 11.8 Å². The van der Waals surface area contributed by atoms with E-state index in [2.05, 4.69) is 4.99 Å². The Labute approximate surface area is 145 Å². The van der Waals surface area contributed by atoms with Gasteiger partial charge in [0.1, 0.15) is 5.49 Å². The van der Waals surface area contributed by atoms with Crippen molar-refractivity contribution in [3.05, 3.63) is 96.1 Å². The van der Waals surface area contributed by atoms with Crippen molar-refractivity contribution in [3.63, 3.8) is 0 Å². The quantitative estimate of drug-likeness (QED) is 0.622. The van der Waals surface area contributed by atoms with Crippen molar-refractivity contribution in [1.29, 1.82) is 0 Å². The Bertz CT molecular complexity index is 827. The first-order chi connectivity index (χ1) is 10.8. The summed E-state index contributed by atoms with van der Waals surface area (Å²) in [5.74, 6) is 0.0707. The van der Waals surface area contributed by atoms with E-state index in [1.54, 1.807) is 0 Å². The summed E-state index contributed by atoms with van der Waals surface area (Å²) in [6, 6.07) is 24.8. The van der Waals surface area contributed by atoms with Crippen LogP contribution in [0.4, 0.5) is 5.69 Å². The maximum absolute atomic E-state index is 12.4. The highest BCUT2D eigenvalue weighted by atomic mass is 79.9. The number of rotatable bonds is 4. The fourth-order valence-electron chi connectivity index (χ4n) is 2.21. The molecule has 0 N–H and O–H groups in total. The summed E-state index contributed by atoms with van der Waals surface area (Å²) in [4.78, 5) is 17.0. The van der Waals surface area contributed by atoms with Crippen LogP contribution in [0.1, 0.15) is 10.4 Å². The zero-order valence-electron chi connectivity index (χ0n) is 12.5. The van der Waals surface area contributed by atoms with Gasteiger partial charge in [0.05, 0.1) is 12.2 Å². The van der Waals surface area contributed by atoms with E-state index in [4.69, 9.17) is 0 Å². The van der Waals surface area contributed by atoms with E-state index in [0.717, 1.165) is 11.2 Å². The summed E-state index contributed by atoms with van der Waals surface area (Å²) in [5.41, 5.74) is 2.34. The Kier molecular flexibility index (Phi) is 6.06. The third kappa shape index (κ3) is 4.50. The van der Waals surface area contributed by atoms with E-state index in [0.29, 0.717) is 5.56 Å². The minimum absolute atomic E-state index is 0. The van der Waals surface area contributed by atoms with Crippen LogP contribution in [-0.2, 0) is 6.54 Å². The third-order valence-corrected chi connectivity index (χ3v) is 3.33. The largest absolute Gasteiger partial charge is 1.00 e. The first-order valence-corrected chi connectivity index (χ1v) is 7.16. The highest BCUT2D eigenvalue weighted by Crippen LogP contribution is 2.08. The molecule has 0 radical (unpaired) electrons. The fourth-order valence-corrected chi connectivity index (χ4v) is 2.21. The van der Waals surface area contributed by atoms with Crippen molar-refractivity contribution in [2.75, 3.05) is 0 Å². The van der Waals surface area contributed by atoms with E-state index in [-0.39, 0.29) is 29.3 Å². The Hall–Kier alpha value is -2.46. The number of pyridine rings is 1. The molecule has 3 nitrogen and oxygen atoms in total. The van der Waals surface area contributed by atoms with Crippen molar-refractivity contribution in [2.24, 2.45) is 4.99 Å². The smallest absolute Gasteiger partial charge is 0.182 e. The lowest BCUT2D eigenvalue weighted by Gasteiger charge is -2.07. The summed E-state index contributed by atoms with van der Waals surface area (Å²) in [5, 5.41) is 0. The van der Waals surface area contributed by atoms with Crippen LogP contribution in [0.25, 0.3) is 0 Å². The summed E-state index contributed by atoms with van der Waals surface area (Å²) in [7, 11) is 0. The lowest BCUT2D eigenvalue weighted by Crippen LogP contribution is -3.00. The van der Waals surface area contributed by atoms with E-state index in [1.165, 1.54) is 0 Å². The average Bonchev–Trinajstić information content (AvgIpc) is 2.58. The minimum atomic E-state index is 0. The van der Waals surface area contributed by atoms with E-state index in [9.17, 15) is 4.79 Å². The predicted molar refractivity (Wildman–Crippen MR) is 86.9 cm³/mol. The average molecular weight is 368 g/mol. The van der Waals surface area contributed by atoms with Crippen LogP contribution in [0.15, 0.2) is 90.1 Å². The molecule has 0 aliphatic rings. The fraction of sp³-hybridized carbons (Fsp3) is 0.0526. The second-order valence-corrected chi connectivity index (χ2v) is 4.92. The second kappa shape index (κ2) is 8.25. The summed E-state index contributed by atoms with van der Waals surface area (Å²) < 4.78 is 1.86. The van der Waals surface area contributed by atoms with Crippen LogP contribution in [0.5, 0.6) is 0 Å². The zero-order valence-corrected chi connectivity index (χ0v) is 14.1. The molecule has 1 heterocycles. The number of hydrogen-bond donors (Lipinski definition) is 0. The molecule has 3 aromatic rings. The minimum Gasteiger partial charge on any atom is -1.00 e. The molecule has 0 fully saturated rings. The highest BCUT2D eigenvalue weighted by Gasteiger charge is 2.06. The molecule has 1 aromatic heterocycles. The second-order valence-electron chi connectivity index (χ2n) is 4.92. The monoisotopic (exact) mass is 367 g/mol. The van der Waals surface area contributed by atoms with Crippen LogP contribution in [0.3, 0.4) is 0 Å². The van der Waals surface area contributed by atoms with E-state index >= 15 is 0 Å². The number of benzene rings is 2. The standard InChI is InChI=1S/C19H16N2O.BrH/c22-18(16-9-3-1-4-10-16)15-21-14-8-7-13-19(21)20-17-11-5-2-6-12-17;/h1-14H,15H2;1H/p-1. The first-order valence-electron chi connectivity index (χ1n) is 7.16. The summed E-state index contributed by atoms with van der Waals surface area (Å²) >= 11 is 0. The number of carbonyl (C=O) groups is 1. The predicted octanol–water partition coefficient (Wildman–Crippen LogP) is 0.607. The van der Waals surface area contributed by atoms with Gasteiger partial charge in [-0.05, 0) is 24.3 Å². The maximum atomic E-state index is 12.4. The number of nitrogens with zero attached hydrogens (tertiary/aromatic N) is 2. The molecule has 2 aromatic carbocycles. The van der Waals surface area contributed by atoms with Crippen molar-refractivity contribution in [3.8, 4) is 0 Å². The Morgan fingerprint density at radius 1 is 0.826 bits per heavy atom. The van der Waals surface area contributed by atoms with Gasteiger partial charge in [0.15, 0.2) is 5.78 Å². The lowest BCUT2D eigenvalue weighted by atomic mass is 10.1. The number of Topliss-reactive ketones (excluding diaryl/α,β-unsaturated/α-hetero) is 1. The number of aromatic nitrogens is 1. The van der Waals surface area contributed by atoms with Crippen molar-refractivity contribution in [2.45, 2.75) is 6.54 Å².